The van der Waals surface area contributed by atoms with Crippen LogP contribution >= 0.6 is 11.8 Å². The molecule has 0 aliphatic heterocycles. The summed E-state index contributed by atoms with van der Waals surface area (Å²) in [7, 11) is 4.53. The number of aromatic nitrogens is 3. The summed E-state index contributed by atoms with van der Waals surface area (Å²) in [5.74, 6) is 1.59. The molecule has 1 aromatic heterocycles. The Bertz CT molecular complexity index is 1460. The number of methoxy groups -OCH3 is 3. The van der Waals surface area contributed by atoms with E-state index in [2.05, 4.69) is 15.5 Å². The molecule has 1 heterocycles. The van der Waals surface area contributed by atoms with Crippen LogP contribution in [-0.4, -0.2) is 52.2 Å². The van der Waals surface area contributed by atoms with E-state index in [1.54, 1.807) is 33.3 Å². The molecule has 4 rings (SSSR count). The molecular formula is C26H25N5O6S. The topological polar surface area (TPSA) is 131 Å². The van der Waals surface area contributed by atoms with Gasteiger partial charge in [0, 0.05) is 23.8 Å². The van der Waals surface area contributed by atoms with Crippen molar-refractivity contribution < 1.29 is 23.9 Å². The Kier molecular flexibility index (Phi) is 8.12. The number of thioether (sulfide) groups is 1. The van der Waals surface area contributed by atoms with Crippen LogP contribution in [0.1, 0.15) is 6.92 Å². The van der Waals surface area contributed by atoms with E-state index < -0.39 is 16.1 Å². The van der Waals surface area contributed by atoms with Crippen molar-refractivity contribution in [3.63, 3.8) is 0 Å². The minimum atomic E-state index is -0.648. The molecule has 0 radical (unpaired) electrons. The van der Waals surface area contributed by atoms with Gasteiger partial charge in [0.2, 0.25) is 5.91 Å². The van der Waals surface area contributed by atoms with E-state index in [1.165, 1.54) is 37.1 Å². The number of nitro groups is 1. The zero-order chi connectivity index (χ0) is 27.2. The van der Waals surface area contributed by atoms with Gasteiger partial charge in [-0.25, -0.2) is 0 Å². The van der Waals surface area contributed by atoms with Crippen LogP contribution in [0.2, 0.25) is 0 Å². The molecule has 0 spiro atoms. The van der Waals surface area contributed by atoms with Crippen LogP contribution in [0.15, 0.2) is 71.9 Å². The SMILES string of the molecule is COc1ccc([N+](=O)[O-])cc1NC(=O)C(C)Sc1nnc(-c2ccccc2)n1-c1ccc(OC)c(OC)c1. The first-order valence-corrected chi connectivity index (χ1v) is 12.3. The largest absolute Gasteiger partial charge is 0.495 e. The van der Waals surface area contributed by atoms with Crippen LogP contribution in [0.5, 0.6) is 17.2 Å². The summed E-state index contributed by atoms with van der Waals surface area (Å²) in [5.41, 5.74) is 1.58. The number of rotatable bonds is 10. The molecule has 0 aliphatic rings. The number of anilines is 1. The van der Waals surface area contributed by atoms with Crippen LogP contribution < -0.4 is 19.5 Å². The lowest BCUT2D eigenvalue weighted by Gasteiger charge is -2.16. The minimum absolute atomic E-state index is 0.165. The summed E-state index contributed by atoms with van der Waals surface area (Å²) in [6.07, 6.45) is 0. The standard InChI is InChI=1S/C26H25N5O6S/c1-16(25(32)27-20-14-19(31(33)34)11-12-21(20)35-2)38-26-29-28-24(17-8-6-5-7-9-17)30(26)18-10-13-22(36-3)23(15-18)37-4/h5-16H,1-4H3,(H,27,32). The van der Waals surface area contributed by atoms with Crippen LogP contribution in [0.25, 0.3) is 17.1 Å². The highest BCUT2D eigenvalue weighted by molar-refractivity contribution is 8.00. The first-order chi connectivity index (χ1) is 18.4. The number of hydrogen-bond acceptors (Lipinski definition) is 9. The second-order valence-electron chi connectivity index (χ2n) is 7.94. The Balaban J connectivity index is 1.68. The number of nitrogens with one attached hydrogen (secondary N) is 1. The zero-order valence-corrected chi connectivity index (χ0v) is 21.9. The number of carbonyl (C=O) groups is 1. The average molecular weight is 536 g/mol. The highest BCUT2D eigenvalue weighted by Crippen LogP contribution is 2.35. The van der Waals surface area contributed by atoms with Gasteiger partial charge in [-0.05, 0) is 25.1 Å². The molecule has 0 saturated carbocycles. The van der Waals surface area contributed by atoms with E-state index in [4.69, 9.17) is 14.2 Å². The Morgan fingerprint density at radius 2 is 1.63 bits per heavy atom. The third kappa shape index (κ3) is 5.54. The molecule has 3 aromatic carbocycles. The molecule has 0 bridgehead atoms. The third-order valence-corrected chi connectivity index (χ3v) is 6.64. The van der Waals surface area contributed by atoms with Crippen molar-refractivity contribution in [2.75, 3.05) is 26.6 Å². The van der Waals surface area contributed by atoms with Gasteiger partial charge in [0.25, 0.3) is 5.69 Å². The van der Waals surface area contributed by atoms with Crippen molar-refractivity contribution in [2.45, 2.75) is 17.3 Å². The monoisotopic (exact) mass is 535 g/mol. The molecule has 4 aromatic rings. The minimum Gasteiger partial charge on any atom is -0.495 e. The van der Waals surface area contributed by atoms with E-state index in [0.29, 0.717) is 33.9 Å². The smallest absolute Gasteiger partial charge is 0.271 e. The number of carbonyl (C=O) groups excluding carboxylic acids is 1. The number of nitrogens with zero attached hydrogens (tertiary/aromatic N) is 4. The zero-order valence-electron chi connectivity index (χ0n) is 21.1. The maximum atomic E-state index is 13.1. The Labute approximate surface area is 222 Å². The summed E-state index contributed by atoms with van der Waals surface area (Å²) < 4.78 is 17.9. The number of benzene rings is 3. The molecule has 11 nitrogen and oxygen atoms in total. The van der Waals surface area contributed by atoms with Gasteiger partial charge in [0.15, 0.2) is 22.5 Å². The van der Waals surface area contributed by atoms with E-state index in [-0.39, 0.29) is 11.4 Å². The van der Waals surface area contributed by atoms with Gasteiger partial charge < -0.3 is 19.5 Å². The summed E-state index contributed by atoms with van der Waals surface area (Å²) >= 11 is 1.19. The molecule has 196 valence electrons. The van der Waals surface area contributed by atoms with Crippen molar-refractivity contribution in [2.24, 2.45) is 0 Å². The fourth-order valence-electron chi connectivity index (χ4n) is 3.67. The highest BCUT2D eigenvalue weighted by atomic mass is 32.2. The third-order valence-electron chi connectivity index (χ3n) is 5.59. The maximum Gasteiger partial charge on any atom is 0.271 e. The summed E-state index contributed by atoms with van der Waals surface area (Å²) in [4.78, 5) is 23.8. The molecule has 38 heavy (non-hydrogen) atoms. The molecule has 1 atom stereocenters. The van der Waals surface area contributed by atoms with Crippen molar-refractivity contribution >= 4 is 29.0 Å². The number of hydrogen-bond donors (Lipinski definition) is 1. The fraction of sp³-hybridized carbons (Fsp3) is 0.192. The molecular weight excluding hydrogens is 510 g/mol. The summed E-state index contributed by atoms with van der Waals surface area (Å²) in [5, 5.41) is 22.5. The van der Waals surface area contributed by atoms with Gasteiger partial charge in [-0.1, -0.05) is 42.1 Å². The average Bonchev–Trinajstić information content (AvgIpc) is 3.36. The maximum absolute atomic E-state index is 13.1. The predicted molar refractivity (Wildman–Crippen MR) is 143 cm³/mol. The van der Waals surface area contributed by atoms with Gasteiger partial charge >= 0.3 is 0 Å². The molecule has 1 unspecified atom stereocenters. The van der Waals surface area contributed by atoms with E-state index >= 15 is 0 Å². The van der Waals surface area contributed by atoms with E-state index in [0.717, 1.165) is 5.56 Å². The van der Waals surface area contributed by atoms with E-state index in [1.807, 2.05) is 41.0 Å². The molecule has 0 fully saturated rings. The van der Waals surface area contributed by atoms with Gasteiger partial charge in [-0.2, -0.15) is 0 Å². The van der Waals surface area contributed by atoms with E-state index in [9.17, 15) is 14.9 Å². The molecule has 0 saturated heterocycles. The predicted octanol–water partition coefficient (Wildman–Crippen LogP) is 4.99. The lowest BCUT2D eigenvalue weighted by molar-refractivity contribution is -0.384. The number of ether oxygens (including phenoxy) is 3. The lowest BCUT2D eigenvalue weighted by Crippen LogP contribution is -2.23. The summed E-state index contributed by atoms with van der Waals surface area (Å²) in [6, 6.07) is 19.0. The Morgan fingerprint density at radius 3 is 2.29 bits per heavy atom. The van der Waals surface area contributed by atoms with Crippen molar-refractivity contribution in [3.05, 3.63) is 76.8 Å². The summed E-state index contributed by atoms with van der Waals surface area (Å²) in [6.45, 7) is 1.71. The second-order valence-corrected chi connectivity index (χ2v) is 9.25. The van der Waals surface area contributed by atoms with Gasteiger partial charge in [0.05, 0.1) is 42.9 Å². The fourth-order valence-corrected chi connectivity index (χ4v) is 4.54. The molecule has 12 heteroatoms. The lowest BCUT2D eigenvalue weighted by atomic mass is 10.2. The van der Waals surface area contributed by atoms with Crippen LogP contribution in [0.4, 0.5) is 11.4 Å². The van der Waals surface area contributed by atoms with Gasteiger partial charge in [-0.15, -0.1) is 10.2 Å². The Morgan fingerprint density at radius 1 is 0.947 bits per heavy atom. The quantitative estimate of drug-likeness (QED) is 0.170. The van der Waals surface area contributed by atoms with Crippen LogP contribution in [0, 0.1) is 10.1 Å². The number of amides is 1. The highest BCUT2D eigenvalue weighted by Gasteiger charge is 2.24. The van der Waals surface area contributed by atoms with Gasteiger partial charge in [-0.3, -0.25) is 19.5 Å². The second kappa shape index (κ2) is 11.6. The van der Waals surface area contributed by atoms with Gasteiger partial charge in [0.1, 0.15) is 5.75 Å². The first kappa shape index (κ1) is 26.5. The molecule has 1 amide bonds. The first-order valence-electron chi connectivity index (χ1n) is 11.4. The van der Waals surface area contributed by atoms with Crippen molar-refractivity contribution in [1.29, 1.82) is 0 Å². The number of non-ortho nitro benzene ring substituents is 1. The van der Waals surface area contributed by atoms with Crippen LogP contribution in [-0.2, 0) is 4.79 Å². The normalized spacial score (nSPS) is 11.5. The Hall–Kier alpha value is -4.58. The van der Waals surface area contributed by atoms with Crippen molar-refractivity contribution in [3.8, 4) is 34.3 Å². The van der Waals surface area contributed by atoms with Crippen LogP contribution in [0.3, 0.4) is 0 Å². The molecule has 1 N–H and O–H groups in total. The number of nitro benzene ring substituents is 1. The van der Waals surface area contributed by atoms with Crippen molar-refractivity contribution in [1.82, 2.24) is 14.8 Å². The molecule has 0 aliphatic carbocycles.